The van der Waals surface area contributed by atoms with Gasteiger partial charge in [-0.3, -0.25) is 5.10 Å². The van der Waals surface area contributed by atoms with Gasteiger partial charge >= 0.3 is 0 Å². The SMILES string of the molecule is S=c1cc(-c2cc(Cl)cc(Cl)c2)cn[nH]1. The Labute approximate surface area is 102 Å². The highest BCUT2D eigenvalue weighted by Gasteiger charge is 2.01. The summed E-state index contributed by atoms with van der Waals surface area (Å²) in [6.45, 7) is 0. The highest BCUT2D eigenvalue weighted by molar-refractivity contribution is 7.71. The zero-order valence-electron chi connectivity index (χ0n) is 7.50. The molecule has 0 radical (unpaired) electrons. The van der Waals surface area contributed by atoms with E-state index in [0.717, 1.165) is 11.1 Å². The molecule has 0 aliphatic heterocycles. The van der Waals surface area contributed by atoms with Gasteiger partial charge in [0, 0.05) is 15.6 Å². The van der Waals surface area contributed by atoms with Gasteiger partial charge in [0.05, 0.1) is 6.20 Å². The molecule has 0 aliphatic carbocycles. The number of halogens is 2. The lowest BCUT2D eigenvalue weighted by atomic mass is 10.1. The van der Waals surface area contributed by atoms with Gasteiger partial charge in [-0.05, 0) is 29.8 Å². The first kappa shape index (κ1) is 10.6. The van der Waals surface area contributed by atoms with E-state index in [1.807, 2.05) is 18.2 Å². The molecule has 0 amide bonds. The molecular weight excluding hydrogens is 251 g/mol. The molecule has 76 valence electrons. The molecule has 1 heterocycles. The Kier molecular flexibility index (Phi) is 3.05. The lowest BCUT2D eigenvalue weighted by Crippen LogP contribution is -1.84. The molecule has 1 aromatic carbocycles. The first-order valence-electron chi connectivity index (χ1n) is 4.16. The van der Waals surface area contributed by atoms with Crippen LogP contribution in [0.25, 0.3) is 11.1 Å². The lowest BCUT2D eigenvalue weighted by Gasteiger charge is -2.02. The van der Waals surface area contributed by atoms with Gasteiger partial charge in [0.1, 0.15) is 4.64 Å². The van der Waals surface area contributed by atoms with Gasteiger partial charge in [-0.1, -0.05) is 35.4 Å². The molecule has 5 heteroatoms. The second-order valence-corrected chi connectivity index (χ2v) is 4.30. The van der Waals surface area contributed by atoms with Crippen LogP contribution in [0, 0.1) is 4.64 Å². The van der Waals surface area contributed by atoms with Crippen molar-refractivity contribution < 1.29 is 0 Å². The summed E-state index contributed by atoms with van der Waals surface area (Å²) in [6, 6.07) is 7.13. The van der Waals surface area contributed by atoms with E-state index in [9.17, 15) is 0 Å². The number of aromatic amines is 1. The minimum absolute atomic E-state index is 0.573. The molecule has 0 saturated heterocycles. The normalized spacial score (nSPS) is 10.3. The molecule has 2 aromatic rings. The molecule has 2 rings (SSSR count). The van der Waals surface area contributed by atoms with Gasteiger partial charge in [-0.25, -0.2) is 0 Å². The van der Waals surface area contributed by atoms with Crippen LogP contribution in [0.4, 0.5) is 0 Å². The third-order valence-electron chi connectivity index (χ3n) is 1.86. The molecule has 0 saturated carbocycles. The van der Waals surface area contributed by atoms with Crippen molar-refractivity contribution in [3.8, 4) is 11.1 Å². The number of aromatic nitrogens is 2. The number of nitrogens with zero attached hydrogens (tertiary/aromatic N) is 1. The van der Waals surface area contributed by atoms with Crippen LogP contribution in [0.1, 0.15) is 0 Å². The van der Waals surface area contributed by atoms with Crippen molar-refractivity contribution >= 4 is 35.4 Å². The van der Waals surface area contributed by atoms with E-state index < -0.39 is 0 Å². The summed E-state index contributed by atoms with van der Waals surface area (Å²) in [5.74, 6) is 0. The average Bonchev–Trinajstić information content (AvgIpc) is 2.16. The summed E-state index contributed by atoms with van der Waals surface area (Å²) in [5, 5.41) is 7.76. The zero-order valence-corrected chi connectivity index (χ0v) is 9.83. The number of nitrogens with one attached hydrogen (secondary N) is 1. The molecule has 0 atom stereocenters. The smallest absolute Gasteiger partial charge is 0.120 e. The van der Waals surface area contributed by atoms with E-state index in [4.69, 9.17) is 35.4 Å². The molecule has 1 N–H and O–H groups in total. The summed E-state index contributed by atoms with van der Waals surface area (Å²) in [4.78, 5) is 0. The summed E-state index contributed by atoms with van der Waals surface area (Å²) >= 11 is 16.8. The molecule has 2 nitrogen and oxygen atoms in total. The van der Waals surface area contributed by atoms with Crippen LogP contribution >= 0.6 is 35.4 Å². The number of rotatable bonds is 1. The van der Waals surface area contributed by atoms with E-state index in [2.05, 4.69) is 10.2 Å². The molecule has 0 unspecified atom stereocenters. The Balaban J connectivity index is 2.58. The third-order valence-corrected chi connectivity index (χ3v) is 2.51. The van der Waals surface area contributed by atoms with E-state index >= 15 is 0 Å². The van der Waals surface area contributed by atoms with Crippen molar-refractivity contribution in [2.45, 2.75) is 0 Å². The molecule has 0 bridgehead atoms. The van der Waals surface area contributed by atoms with Crippen LogP contribution in [-0.4, -0.2) is 10.2 Å². The molecule has 0 aliphatic rings. The van der Waals surface area contributed by atoms with Crippen LogP contribution in [0.5, 0.6) is 0 Å². The van der Waals surface area contributed by atoms with Gasteiger partial charge < -0.3 is 0 Å². The Morgan fingerprint density at radius 3 is 2.27 bits per heavy atom. The van der Waals surface area contributed by atoms with E-state index in [1.165, 1.54) is 0 Å². The highest BCUT2D eigenvalue weighted by atomic mass is 35.5. The maximum Gasteiger partial charge on any atom is 0.120 e. The first-order chi connectivity index (χ1) is 7.15. The van der Waals surface area contributed by atoms with Gasteiger partial charge in [-0.2, -0.15) is 5.10 Å². The highest BCUT2D eigenvalue weighted by Crippen LogP contribution is 2.26. The summed E-state index contributed by atoms with van der Waals surface area (Å²) in [6.07, 6.45) is 1.68. The molecule has 0 fully saturated rings. The predicted molar refractivity (Wildman–Crippen MR) is 64.9 cm³/mol. The van der Waals surface area contributed by atoms with Crippen LogP contribution in [-0.2, 0) is 0 Å². The van der Waals surface area contributed by atoms with Crippen molar-refractivity contribution in [2.24, 2.45) is 0 Å². The van der Waals surface area contributed by atoms with E-state index in [-0.39, 0.29) is 0 Å². The first-order valence-corrected chi connectivity index (χ1v) is 5.33. The number of benzene rings is 1. The van der Waals surface area contributed by atoms with Crippen LogP contribution in [0.2, 0.25) is 10.0 Å². The quantitative estimate of drug-likeness (QED) is 0.778. The van der Waals surface area contributed by atoms with Gasteiger partial charge in [0.25, 0.3) is 0 Å². The lowest BCUT2D eigenvalue weighted by molar-refractivity contribution is 1.02. The largest absolute Gasteiger partial charge is 0.268 e. The maximum absolute atomic E-state index is 5.90. The third kappa shape index (κ3) is 2.56. The summed E-state index contributed by atoms with van der Waals surface area (Å²) < 4.78 is 0.573. The fourth-order valence-electron chi connectivity index (χ4n) is 1.25. The molecule has 0 spiro atoms. The Morgan fingerprint density at radius 1 is 1.00 bits per heavy atom. The number of hydrogen-bond acceptors (Lipinski definition) is 2. The number of hydrogen-bond donors (Lipinski definition) is 1. The van der Waals surface area contributed by atoms with Crippen LogP contribution in [0.15, 0.2) is 30.5 Å². The van der Waals surface area contributed by atoms with Gasteiger partial charge in [-0.15, -0.1) is 0 Å². The fourth-order valence-corrected chi connectivity index (χ4v) is 1.96. The molecular formula is C10H6Cl2N2S. The second kappa shape index (κ2) is 4.31. The Hall–Kier alpha value is -0.900. The van der Waals surface area contributed by atoms with E-state index in [1.54, 1.807) is 12.3 Å². The number of H-pyrrole nitrogens is 1. The van der Waals surface area contributed by atoms with E-state index in [0.29, 0.717) is 14.7 Å². The topological polar surface area (TPSA) is 28.7 Å². The maximum atomic E-state index is 5.90. The van der Waals surface area contributed by atoms with Crippen LogP contribution < -0.4 is 0 Å². The standard InChI is InChI=1S/C10H6Cl2N2S/c11-8-1-6(2-9(12)4-8)7-3-10(15)14-13-5-7/h1-5H,(H,14,15). The van der Waals surface area contributed by atoms with Crippen molar-refractivity contribution in [2.75, 3.05) is 0 Å². The summed E-state index contributed by atoms with van der Waals surface area (Å²) in [7, 11) is 0. The zero-order chi connectivity index (χ0) is 10.8. The summed E-state index contributed by atoms with van der Waals surface area (Å²) in [5.41, 5.74) is 1.79. The monoisotopic (exact) mass is 256 g/mol. The predicted octanol–water partition coefficient (Wildman–Crippen LogP) is 4.11. The van der Waals surface area contributed by atoms with Crippen molar-refractivity contribution in [3.05, 3.63) is 45.1 Å². The Bertz CT molecular complexity index is 531. The van der Waals surface area contributed by atoms with Crippen molar-refractivity contribution in [1.29, 1.82) is 0 Å². The Morgan fingerprint density at radius 2 is 1.67 bits per heavy atom. The van der Waals surface area contributed by atoms with Gasteiger partial charge in [0.15, 0.2) is 0 Å². The second-order valence-electron chi connectivity index (χ2n) is 2.99. The van der Waals surface area contributed by atoms with Crippen molar-refractivity contribution in [3.63, 3.8) is 0 Å². The van der Waals surface area contributed by atoms with Gasteiger partial charge in [0.2, 0.25) is 0 Å². The molecule has 15 heavy (non-hydrogen) atoms. The average molecular weight is 257 g/mol. The minimum Gasteiger partial charge on any atom is -0.268 e. The minimum atomic E-state index is 0.573. The fraction of sp³-hybridized carbons (Fsp3) is 0. The van der Waals surface area contributed by atoms with Crippen LogP contribution in [0.3, 0.4) is 0 Å². The molecule has 1 aromatic heterocycles. The van der Waals surface area contributed by atoms with Crippen molar-refractivity contribution in [1.82, 2.24) is 10.2 Å².